The van der Waals surface area contributed by atoms with Crippen molar-refractivity contribution in [3.63, 3.8) is 0 Å². The highest BCUT2D eigenvalue weighted by Crippen LogP contribution is 2.31. The van der Waals surface area contributed by atoms with Crippen LogP contribution >= 0.6 is 0 Å². The number of ether oxygens (including phenoxy) is 2. The summed E-state index contributed by atoms with van der Waals surface area (Å²) in [5, 5.41) is 0. The number of hydrogen-bond donors (Lipinski definition) is 1. The lowest BCUT2D eigenvalue weighted by atomic mass is 10.2. The summed E-state index contributed by atoms with van der Waals surface area (Å²) in [7, 11) is -3.69. The standard InChI is InChI=1S/C21H26N2O5S/c1-4-27-20-9-6-16(12-21(20)28-5-2)14-22-29(25,26)18-7-8-19-17(13-18)10-11-23(19)15(3)24/h6-9,12-13,22H,4-5,10-11,14H2,1-3H3. The summed E-state index contributed by atoms with van der Waals surface area (Å²) >= 11 is 0. The molecule has 156 valence electrons. The first-order chi connectivity index (χ1) is 13.9. The number of nitrogens with one attached hydrogen (secondary N) is 1. The van der Waals surface area contributed by atoms with Gasteiger partial charge in [-0.1, -0.05) is 6.07 Å². The maximum absolute atomic E-state index is 12.8. The molecule has 0 spiro atoms. The van der Waals surface area contributed by atoms with Crippen molar-refractivity contribution in [2.75, 3.05) is 24.7 Å². The lowest BCUT2D eigenvalue weighted by Gasteiger charge is -2.15. The molecule has 0 saturated heterocycles. The van der Waals surface area contributed by atoms with E-state index >= 15 is 0 Å². The fourth-order valence-corrected chi connectivity index (χ4v) is 4.41. The number of carbonyl (C=O) groups is 1. The van der Waals surface area contributed by atoms with Gasteiger partial charge < -0.3 is 14.4 Å². The van der Waals surface area contributed by atoms with Gasteiger partial charge in [-0.3, -0.25) is 4.79 Å². The van der Waals surface area contributed by atoms with Crippen LogP contribution in [0.5, 0.6) is 11.5 Å². The first-order valence-corrected chi connectivity index (χ1v) is 11.1. The van der Waals surface area contributed by atoms with Crippen LogP contribution in [0.2, 0.25) is 0 Å². The van der Waals surface area contributed by atoms with Gasteiger partial charge in [-0.25, -0.2) is 13.1 Å². The number of fused-ring (bicyclic) bond motifs is 1. The van der Waals surface area contributed by atoms with E-state index in [1.54, 1.807) is 29.2 Å². The zero-order chi connectivity index (χ0) is 21.0. The molecule has 1 amide bonds. The molecule has 0 atom stereocenters. The SMILES string of the molecule is CCOc1ccc(CNS(=O)(=O)c2ccc3c(c2)CCN3C(C)=O)cc1OCC. The molecule has 3 rings (SSSR count). The molecule has 1 heterocycles. The number of sulfonamides is 1. The van der Waals surface area contributed by atoms with Gasteiger partial charge in [0.2, 0.25) is 15.9 Å². The van der Waals surface area contributed by atoms with Gasteiger partial charge in [-0.05, 0) is 61.7 Å². The Labute approximate surface area is 171 Å². The first kappa shape index (κ1) is 21.1. The third-order valence-corrected chi connectivity index (χ3v) is 6.11. The van der Waals surface area contributed by atoms with Crippen molar-refractivity contribution in [3.8, 4) is 11.5 Å². The van der Waals surface area contributed by atoms with E-state index in [1.165, 1.54) is 13.0 Å². The maximum Gasteiger partial charge on any atom is 0.240 e. The van der Waals surface area contributed by atoms with Crippen molar-refractivity contribution in [2.24, 2.45) is 0 Å². The van der Waals surface area contributed by atoms with Crippen molar-refractivity contribution >= 4 is 21.6 Å². The van der Waals surface area contributed by atoms with E-state index in [2.05, 4.69) is 4.72 Å². The second-order valence-electron chi connectivity index (χ2n) is 6.68. The molecule has 8 heteroatoms. The number of anilines is 1. The average molecular weight is 419 g/mol. The van der Waals surface area contributed by atoms with E-state index in [0.717, 1.165) is 16.8 Å². The molecule has 29 heavy (non-hydrogen) atoms. The highest BCUT2D eigenvalue weighted by atomic mass is 32.2. The lowest BCUT2D eigenvalue weighted by Crippen LogP contribution is -2.26. The Morgan fingerprint density at radius 1 is 1.07 bits per heavy atom. The second-order valence-corrected chi connectivity index (χ2v) is 8.45. The van der Waals surface area contributed by atoms with E-state index in [4.69, 9.17) is 9.47 Å². The van der Waals surface area contributed by atoms with Crippen LogP contribution in [0.1, 0.15) is 31.9 Å². The summed E-state index contributed by atoms with van der Waals surface area (Å²) in [6, 6.07) is 10.2. The van der Waals surface area contributed by atoms with Crippen LogP contribution in [0.4, 0.5) is 5.69 Å². The van der Waals surface area contributed by atoms with Crippen LogP contribution < -0.4 is 19.1 Å². The van der Waals surface area contributed by atoms with Gasteiger partial charge in [0.25, 0.3) is 0 Å². The van der Waals surface area contributed by atoms with Gasteiger partial charge in [0.1, 0.15) is 0 Å². The average Bonchev–Trinajstić information content (AvgIpc) is 3.12. The second kappa shape index (κ2) is 8.84. The van der Waals surface area contributed by atoms with E-state index in [0.29, 0.717) is 37.7 Å². The molecule has 1 N–H and O–H groups in total. The predicted molar refractivity (Wildman–Crippen MR) is 111 cm³/mol. The van der Waals surface area contributed by atoms with Crippen LogP contribution in [0.25, 0.3) is 0 Å². The molecular weight excluding hydrogens is 392 g/mol. The normalized spacial score (nSPS) is 13.3. The van der Waals surface area contributed by atoms with Crippen LogP contribution in [0.3, 0.4) is 0 Å². The summed E-state index contributed by atoms with van der Waals surface area (Å²) in [5.41, 5.74) is 2.41. The zero-order valence-corrected chi connectivity index (χ0v) is 17.7. The molecule has 0 radical (unpaired) electrons. The third kappa shape index (κ3) is 4.71. The van der Waals surface area contributed by atoms with E-state index in [1.807, 2.05) is 19.9 Å². The Bertz CT molecular complexity index is 1000. The molecule has 0 bridgehead atoms. The summed E-state index contributed by atoms with van der Waals surface area (Å²) in [6.45, 7) is 7.00. The van der Waals surface area contributed by atoms with Crippen molar-refractivity contribution in [1.82, 2.24) is 4.72 Å². The summed E-state index contributed by atoms with van der Waals surface area (Å²) in [5.74, 6) is 1.18. The molecule has 2 aromatic carbocycles. The number of hydrogen-bond acceptors (Lipinski definition) is 5. The Morgan fingerprint density at radius 2 is 1.79 bits per heavy atom. The monoisotopic (exact) mass is 418 g/mol. The Balaban J connectivity index is 1.75. The van der Waals surface area contributed by atoms with Crippen molar-refractivity contribution in [3.05, 3.63) is 47.5 Å². The molecule has 2 aromatic rings. The molecule has 1 aliphatic heterocycles. The van der Waals surface area contributed by atoms with Gasteiger partial charge >= 0.3 is 0 Å². The fourth-order valence-electron chi connectivity index (χ4n) is 3.34. The van der Waals surface area contributed by atoms with E-state index in [-0.39, 0.29) is 17.3 Å². The van der Waals surface area contributed by atoms with E-state index in [9.17, 15) is 13.2 Å². The molecule has 0 fully saturated rings. The topological polar surface area (TPSA) is 84.9 Å². The van der Waals surface area contributed by atoms with Gasteiger partial charge in [0.05, 0.1) is 18.1 Å². The quantitative estimate of drug-likeness (QED) is 0.713. The highest BCUT2D eigenvalue weighted by molar-refractivity contribution is 7.89. The first-order valence-electron chi connectivity index (χ1n) is 9.65. The summed E-state index contributed by atoms with van der Waals surface area (Å²) in [4.78, 5) is 13.5. The molecule has 0 unspecified atom stereocenters. The molecule has 0 saturated carbocycles. The van der Waals surface area contributed by atoms with Crippen LogP contribution in [-0.2, 0) is 27.8 Å². The van der Waals surface area contributed by atoms with Crippen LogP contribution in [-0.4, -0.2) is 34.1 Å². The lowest BCUT2D eigenvalue weighted by molar-refractivity contribution is -0.116. The van der Waals surface area contributed by atoms with Gasteiger partial charge in [0, 0.05) is 25.7 Å². The largest absolute Gasteiger partial charge is 0.490 e. The fraction of sp³-hybridized carbons (Fsp3) is 0.381. The number of rotatable bonds is 8. The van der Waals surface area contributed by atoms with Crippen molar-refractivity contribution in [1.29, 1.82) is 0 Å². The van der Waals surface area contributed by atoms with Crippen molar-refractivity contribution < 1.29 is 22.7 Å². The molecular formula is C21H26N2O5S. The number of carbonyl (C=O) groups excluding carboxylic acids is 1. The smallest absolute Gasteiger partial charge is 0.240 e. The predicted octanol–water partition coefficient (Wildman–Crippen LogP) is 2.87. The van der Waals surface area contributed by atoms with Gasteiger partial charge in [-0.15, -0.1) is 0 Å². The van der Waals surface area contributed by atoms with Crippen LogP contribution in [0.15, 0.2) is 41.3 Å². The Hall–Kier alpha value is -2.58. The number of benzene rings is 2. The third-order valence-electron chi connectivity index (χ3n) is 4.71. The minimum Gasteiger partial charge on any atom is -0.490 e. The Kier molecular flexibility index (Phi) is 6.44. The maximum atomic E-state index is 12.8. The minimum atomic E-state index is -3.69. The molecule has 7 nitrogen and oxygen atoms in total. The van der Waals surface area contributed by atoms with Crippen LogP contribution in [0, 0.1) is 0 Å². The minimum absolute atomic E-state index is 0.0434. The van der Waals surface area contributed by atoms with Gasteiger partial charge in [0.15, 0.2) is 11.5 Å². The summed E-state index contributed by atoms with van der Waals surface area (Å²) in [6.07, 6.45) is 0.648. The van der Waals surface area contributed by atoms with E-state index < -0.39 is 10.0 Å². The number of amides is 1. The zero-order valence-electron chi connectivity index (χ0n) is 16.9. The molecule has 1 aliphatic rings. The van der Waals surface area contributed by atoms with Crippen molar-refractivity contribution in [2.45, 2.75) is 38.6 Å². The molecule has 0 aromatic heterocycles. The summed E-state index contributed by atoms with van der Waals surface area (Å²) < 4.78 is 39.3. The van der Waals surface area contributed by atoms with Gasteiger partial charge in [-0.2, -0.15) is 0 Å². The Morgan fingerprint density at radius 3 is 2.48 bits per heavy atom. The highest BCUT2D eigenvalue weighted by Gasteiger charge is 2.24. The molecule has 0 aliphatic carbocycles. The number of nitrogens with zero attached hydrogens (tertiary/aromatic N) is 1.